The molecule has 1 aromatic heterocycles. The number of aromatic nitrogens is 2. The van der Waals surface area contributed by atoms with Gasteiger partial charge in [-0.3, -0.25) is 0 Å². The molecule has 1 aromatic rings. The van der Waals surface area contributed by atoms with E-state index in [-0.39, 0.29) is 0 Å². The Labute approximate surface area is 95.7 Å². The van der Waals surface area contributed by atoms with Crippen molar-refractivity contribution in [2.45, 2.75) is 38.6 Å². The van der Waals surface area contributed by atoms with Gasteiger partial charge in [-0.25, -0.2) is 4.98 Å². The fourth-order valence-electron chi connectivity index (χ4n) is 2.32. The number of thiocarbonyl (C=S) groups is 1. The van der Waals surface area contributed by atoms with Crippen molar-refractivity contribution >= 4 is 17.2 Å². The summed E-state index contributed by atoms with van der Waals surface area (Å²) in [5, 5.41) is 0. The molecule has 82 valence electrons. The lowest BCUT2D eigenvalue weighted by atomic mass is 9.87. The number of imidazole rings is 1. The van der Waals surface area contributed by atoms with E-state index in [0.717, 1.165) is 11.7 Å². The van der Waals surface area contributed by atoms with Crippen LogP contribution in [0.3, 0.4) is 0 Å². The van der Waals surface area contributed by atoms with Crippen LogP contribution in [0.15, 0.2) is 12.4 Å². The summed E-state index contributed by atoms with van der Waals surface area (Å²) in [6.07, 6.45) is 8.79. The summed E-state index contributed by atoms with van der Waals surface area (Å²) in [6.45, 7) is 2.32. The second-order valence-corrected chi connectivity index (χ2v) is 4.88. The van der Waals surface area contributed by atoms with Crippen LogP contribution in [0.25, 0.3) is 0 Å². The molecule has 0 spiro atoms. The number of nitrogens with zero attached hydrogens (tertiary/aromatic N) is 2. The van der Waals surface area contributed by atoms with E-state index in [2.05, 4.69) is 16.5 Å². The van der Waals surface area contributed by atoms with E-state index in [4.69, 9.17) is 18.0 Å². The Morgan fingerprint density at radius 2 is 2.13 bits per heavy atom. The van der Waals surface area contributed by atoms with Crippen LogP contribution in [0.1, 0.15) is 44.5 Å². The lowest BCUT2D eigenvalue weighted by Crippen LogP contribution is -2.23. The van der Waals surface area contributed by atoms with E-state index in [1.807, 2.05) is 6.20 Å². The zero-order valence-corrected chi connectivity index (χ0v) is 9.83. The lowest BCUT2D eigenvalue weighted by Gasteiger charge is -2.28. The molecular formula is C11H17N3S. The number of nitrogens with two attached hydrogens (primary N) is 1. The summed E-state index contributed by atoms with van der Waals surface area (Å²) in [5.74, 6) is 1.63. The third kappa shape index (κ3) is 2.20. The van der Waals surface area contributed by atoms with Gasteiger partial charge in [-0.2, -0.15) is 0 Å². The minimum Gasteiger partial charge on any atom is -0.387 e. The normalized spacial score (nSPS) is 26.5. The molecule has 0 aliphatic heterocycles. The summed E-state index contributed by atoms with van der Waals surface area (Å²) in [6, 6.07) is 0.542. The minimum atomic E-state index is 0.402. The van der Waals surface area contributed by atoms with Crippen molar-refractivity contribution in [1.29, 1.82) is 0 Å². The maximum atomic E-state index is 5.64. The van der Waals surface area contributed by atoms with Gasteiger partial charge in [0.25, 0.3) is 0 Å². The summed E-state index contributed by atoms with van der Waals surface area (Å²) in [5.41, 5.74) is 5.64. The number of hydrogen-bond acceptors (Lipinski definition) is 2. The van der Waals surface area contributed by atoms with Gasteiger partial charge in [0.05, 0.1) is 0 Å². The zero-order valence-electron chi connectivity index (χ0n) is 9.02. The molecule has 0 amide bonds. The average molecular weight is 223 g/mol. The van der Waals surface area contributed by atoms with Crippen molar-refractivity contribution in [3.8, 4) is 0 Å². The highest BCUT2D eigenvalue weighted by molar-refractivity contribution is 7.80. The predicted octanol–water partition coefficient (Wildman–Crippen LogP) is 2.27. The molecule has 1 aliphatic carbocycles. The Morgan fingerprint density at radius 1 is 1.47 bits per heavy atom. The monoisotopic (exact) mass is 223 g/mol. The first-order chi connectivity index (χ1) is 7.18. The molecule has 2 N–H and O–H groups in total. The molecule has 0 saturated heterocycles. The second kappa shape index (κ2) is 4.31. The number of hydrogen-bond donors (Lipinski definition) is 1. The molecule has 15 heavy (non-hydrogen) atoms. The average Bonchev–Trinajstić information content (AvgIpc) is 2.67. The molecule has 0 radical (unpaired) electrons. The standard InChI is InChI=1S/C11H17N3S/c1-8-2-4-9(5-3-8)14-7-6-13-11(14)10(12)15/h6-9H,2-5H2,1H3,(H2,12,15). The van der Waals surface area contributed by atoms with E-state index in [1.54, 1.807) is 6.20 Å². The molecule has 3 nitrogen and oxygen atoms in total. The minimum absolute atomic E-state index is 0.402. The Kier molecular flexibility index (Phi) is 3.05. The second-order valence-electron chi connectivity index (χ2n) is 4.44. The molecule has 1 heterocycles. The van der Waals surface area contributed by atoms with Crippen molar-refractivity contribution in [3.05, 3.63) is 18.2 Å². The molecule has 1 aliphatic rings. The van der Waals surface area contributed by atoms with Gasteiger partial charge < -0.3 is 10.3 Å². The lowest BCUT2D eigenvalue weighted by molar-refractivity contribution is 0.288. The van der Waals surface area contributed by atoms with Crippen LogP contribution in [0.4, 0.5) is 0 Å². The molecule has 4 heteroatoms. The fraction of sp³-hybridized carbons (Fsp3) is 0.636. The van der Waals surface area contributed by atoms with E-state index < -0.39 is 0 Å². The van der Waals surface area contributed by atoms with E-state index >= 15 is 0 Å². The van der Waals surface area contributed by atoms with Crippen molar-refractivity contribution < 1.29 is 0 Å². The molecule has 1 fully saturated rings. The summed E-state index contributed by atoms with van der Waals surface area (Å²) >= 11 is 4.99. The molecule has 1 saturated carbocycles. The molecule has 0 unspecified atom stereocenters. The largest absolute Gasteiger partial charge is 0.387 e. The fourth-order valence-corrected chi connectivity index (χ4v) is 2.48. The van der Waals surface area contributed by atoms with Crippen LogP contribution in [0.2, 0.25) is 0 Å². The summed E-state index contributed by atoms with van der Waals surface area (Å²) in [4.78, 5) is 4.61. The van der Waals surface area contributed by atoms with Gasteiger partial charge >= 0.3 is 0 Å². The van der Waals surface area contributed by atoms with Crippen molar-refractivity contribution in [1.82, 2.24) is 9.55 Å². The van der Waals surface area contributed by atoms with Crippen LogP contribution < -0.4 is 5.73 Å². The predicted molar refractivity (Wildman–Crippen MR) is 64.8 cm³/mol. The maximum Gasteiger partial charge on any atom is 0.167 e. The quantitative estimate of drug-likeness (QED) is 0.782. The van der Waals surface area contributed by atoms with Crippen LogP contribution in [-0.4, -0.2) is 14.5 Å². The van der Waals surface area contributed by atoms with Gasteiger partial charge in [0.1, 0.15) is 4.99 Å². The summed E-state index contributed by atoms with van der Waals surface area (Å²) in [7, 11) is 0. The van der Waals surface area contributed by atoms with Gasteiger partial charge in [0.15, 0.2) is 5.82 Å². The maximum absolute atomic E-state index is 5.64. The Balaban J connectivity index is 2.15. The Bertz CT molecular complexity index is 350. The van der Waals surface area contributed by atoms with Gasteiger partial charge in [-0.15, -0.1) is 0 Å². The highest BCUT2D eigenvalue weighted by Crippen LogP contribution is 2.32. The van der Waals surface area contributed by atoms with Gasteiger partial charge in [-0.1, -0.05) is 19.1 Å². The molecule has 2 rings (SSSR count). The van der Waals surface area contributed by atoms with E-state index in [9.17, 15) is 0 Å². The zero-order chi connectivity index (χ0) is 10.8. The van der Waals surface area contributed by atoms with Crippen molar-refractivity contribution in [2.24, 2.45) is 11.7 Å². The van der Waals surface area contributed by atoms with Crippen LogP contribution in [0, 0.1) is 5.92 Å². The molecule has 0 atom stereocenters. The number of rotatable bonds is 2. The Hall–Kier alpha value is -0.900. The van der Waals surface area contributed by atoms with E-state index in [1.165, 1.54) is 25.7 Å². The van der Waals surface area contributed by atoms with Gasteiger partial charge in [0.2, 0.25) is 0 Å². The highest BCUT2D eigenvalue weighted by atomic mass is 32.1. The first kappa shape index (κ1) is 10.6. The van der Waals surface area contributed by atoms with Crippen LogP contribution in [0.5, 0.6) is 0 Å². The third-order valence-corrected chi connectivity index (χ3v) is 3.45. The molecule has 0 aromatic carbocycles. The highest BCUT2D eigenvalue weighted by Gasteiger charge is 2.21. The first-order valence-corrected chi connectivity index (χ1v) is 5.92. The molecular weight excluding hydrogens is 206 g/mol. The van der Waals surface area contributed by atoms with Gasteiger partial charge in [0, 0.05) is 18.4 Å². The van der Waals surface area contributed by atoms with Crippen LogP contribution >= 0.6 is 12.2 Å². The third-order valence-electron chi connectivity index (χ3n) is 3.27. The van der Waals surface area contributed by atoms with Crippen molar-refractivity contribution in [3.63, 3.8) is 0 Å². The SMILES string of the molecule is CC1CCC(n2ccnc2C(N)=S)CC1. The van der Waals surface area contributed by atoms with E-state index in [0.29, 0.717) is 11.0 Å². The smallest absolute Gasteiger partial charge is 0.167 e. The van der Waals surface area contributed by atoms with Crippen molar-refractivity contribution in [2.75, 3.05) is 0 Å². The topological polar surface area (TPSA) is 43.8 Å². The Morgan fingerprint density at radius 3 is 2.73 bits per heavy atom. The van der Waals surface area contributed by atoms with Crippen LogP contribution in [-0.2, 0) is 0 Å². The summed E-state index contributed by atoms with van der Waals surface area (Å²) < 4.78 is 2.15. The molecule has 0 bridgehead atoms. The first-order valence-electron chi connectivity index (χ1n) is 5.51. The van der Waals surface area contributed by atoms with Gasteiger partial charge in [-0.05, 0) is 31.6 Å².